The van der Waals surface area contributed by atoms with Crippen LogP contribution in [0, 0.1) is 12.7 Å². The Kier molecular flexibility index (Phi) is 3.51. The first-order valence-corrected chi connectivity index (χ1v) is 5.71. The first-order valence-electron chi connectivity index (χ1n) is 5.71. The number of benzene rings is 2. The van der Waals surface area contributed by atoms with Gasteiger partial charge in [0.2, 0.25) is 0 Å². The Morgan fingerprint density at radius 1 is 1.26 bits per heavy atom. The van der Waals surface area contributed by atoms with Gasteiger partial charge in [0, 0.05) is 5.56 Å². The van der Waals surface area contributed by atoms with Crippen LogP contribution in [-0.2, 0) is 0 Å². The molecule has 19 heavy (non-hydrogen) atoms. The van der Waals surface area contributed by atoms with Crippen molar-refractivity contribution in [2.45, 2.75) is 6.92 Å². The van der Waals surface area contributed by atoms with E-state index in [0.29, 0.717) is 16.7 Å². The van der Waals surface area contributed by atoms with E-state index in [1.165, 1.54) is 19.2 Å². The summed E-state index contributed by atoms with van der Waals surface area (Å²) in [6.07, 6.45) is 0. The fourth-order valence-electron chi connectivity index (χ4n) is 1.95. The zero-order chi connectivity index (χ0) is 14.0. The first-order chi connectivity index (χ1) is 9.04. The summed E-state index contributed by atoms with van der Waals surface area (Å²) < 4.78 is 19.3. The van der Waals surface area contributed by atoms with E-state index in [1.54, 1.807) is 31.2 Å². The van der Waals surface area contributed by atoms with Gasteiger partial charge in [-0.05, 0) is 30.2 Å². The van der Waals surface area contributed by atoms with E-state index in [1.807, 2.05) is 0 Å². The molecule has 2 rings (SSSR count). The van der Waals surface area contributed by atoms with Crippen LogP contribution in [0.1, 0.15) is 15.9 Å². The summed E-state index contributed by atoms with van der Waals surface area (Å²) in [5.41, 5.74) is 1.65. The molecular formula is C15H13FO3. The highest BCUT2D eigenvalue weighted by Gasteiger charge is 2.14. The third kappa shape index (κ3) is 2.42. The van der Waals surface area contributed by atoms with Crippen LogP contribution in [0.3, 0.4) is 0 Å². The highest BCUT2D eigenvalue weighted by Crippen LogP contribution is 2.32. The molecule has 3 nitrogen and oxygen atoms in total. The summed E-state index contributed by atoms with van der Waals surface area (Å²) >= 11 is 0. The second kappa shape index (κ2) is 5.10. The molecule has 0 unspecified atom stereocenters. The first kappa shape index (κ1) is 13.1. The molecule has 0 aliphatic heterocycles. The molecule has 0 bridgehead atoms. The zero-order valence-corrected chi connectivity index (χ0v) is 10.6. The van der Waals surface area contributed by atoms with Crippen molar-refractivity contribution in [1.29, 1.82) is 0 Å². The summed E-state index contributed by atoms with van der Waals surface area (Å²) in [4.78, 5) is 10.9. The van der Waals surface area contributed by atoms with E-state index >= 15 is 0 Å². The minimum absolute atomic E-state index is 0.122. The van der Waals surface area contributed by atoms with Gasteiger partial charge in [-0.25, -0.2) is 9.18 Å². The van der Waals surface area contributed by atoms with Gasteiger partial charge in [-0.2, -0.15) is 0 Å². The number of aromatic carboxylic acids is 1. The highest BCUT2D eigenvalue weighted by atomic mass is 19.1. The SMILES string of the molecule is COc1c(C)ccc(-c2cccc(C(=O)O)c2)c1F. The maximum absolute atomic E-state index is 14.3. The largest absolute Gasteiger partial charge is 0.493 e. The Hall–Kier alpha value is -2.36. The third-order valence-corrected chi connectivity index (χ3v) is 2.92. The lowest BCUT2D eigenvalue weighted by Crippen LogP contribution is -1.98. The molecule has 4 heteroatoms. The molecule has 1 N–H and O–H groups in total. The Morgan fingerprint density at radius 2 is 2.00 bits per heavy atom. The molecule has 0 amide bonds. The quantitative estimate of drug-likeness (QED) is 0.918. The van der Waals surface area contributed by atoms with E-state index < -0.39 is 11.8 Å². The number of aryl methyl sites for hydroxylation is 1. The lowest BCUT2D eigenvalue weighted by Gasteiger charge is -2.10. The van der Waals surface area contributed by atoms with Crippen LogP contribution >= 0.6 is 0 Å². The second-order valence-electron chi connectivity index (χ2n) is 4.16. The van der Waals surface area contributed by atoms with Crippen LogP contribution in [0.2, 0.25) is 0 Å². The summed E-state index contributed by atoms with van der Waals surface area (Å²) in [5.74, 6) is -1.34. The minimum Gasteiger partial charge on any atom is -0.493 e. The van der Waals surface area contributed by atoms with Crippen LogP contribution in [-0.4, -0.2) is 18.2 Å². The van der Waals surface area contributed by atoms with Gasteiger partial charge in [0.05, 0.1) is 12.7 Å². The molecule has 0 saturated carbocycles. The highest BCUT2D eigenvalue weighted by molar-refractivity contribution is 5.89. The molecule has 2 aromatic rings. The Bertz CT molecular complexity index is 635. The normalized spacial score (nSPS) is 10.3. The average molecular weight is 260 g/mol. The number of methoxy groups -OCH3 is 1. The predicted molar refractivity (Wildman–Crippen MR) is 70.1 cm³/mol. The van der Waals surface area contributed by atoms with Crippen molar-refractivity contribution in [2.24, 2.45) is 0 Å². The lowest BCUT2D eigenvalue weighted by atomic mass is 10.0. The van der Waals surface area contributed by atoms with E-state index in [0.717, 1.165) is 0 Å². The molecule has 98 valence electrons. The topological polar surface area (TPSA) is 46.5 Å². The summed E-state index contributed by atoms with van der Waals surface area (Å²) in [6, 6.07) is 9.52. The van der Waals surface area contributed by atoms with Gasteiger partial charge in [0.25, 0.3) is 0 Å². The number of halogens is 1. The van der Waals surface area contributed by atoms with Gasteiger partial charge in [-0.3, -0.25) is 0 Å². The Labute approximate surface area is 110 Å². The second-order valence-corrected chi connectivity index (χ2v) is 4.16. The van der Waals surface area contributed by atoms with Crippen molar-refractivity contribution in [1.82, 2.24) is 0 Å². The summed E-state index contributed by atoms with van der Waals surface area (Å²) in [7, 11) is 1.41. The molecule has 0 fully saturated rings. The Morgan fingerprint density at radius 3 is 2.63 bits per heavy atom. The molecular weight excluding hydrogens is 247 g/mol. The fraction of sp³-hybridized carbons (Fsp3) is 0.133. The van der Waals surface area contributed by atoms with Gasteiger partial charge >= 0.3 is 5.97 Å². The van der Waals surface area contributed by atoms with Crippen molar-refractivity contribution in [2.75, 3.05) is 7.11 Å². The standard InChI is InChI=1S/C15H13FO3/c1-9-6-7-12(13(16)14(9)19-2)10-4-3-5-11(8-10)15(17)18/h3-8H,1-2H3,(H,17,18). The zero-order valence-electron chi connectivity index (χ0n) is 10.6. The summed E-state index contributed by atoms with van der Waals surface area (Å²) in [6.45, 7) is 1.75. The monoisotopic (exact) mass is 260 g/mol. The van der Waals surface area contributed by atoms with Crippen LogP contribution < -0.4 is 4.74 Å². The number of ether oxygens (including phenoxy) is 1. The predicted octanol–water partition coefficient (Wildman–Crippen LogP) is 3.51. The minimum atomic E-state index is -1.04. The maximum atomic E-state index is 14.3. The number of hydrogen-bond donors (Lipinski definition) is 1. The molecule has 0 atom stereocenters. The number of hydrogen-bond acceptors (Lipinski definition) is 2. The Balaban J connectivity index is 2.59. The van der Waals surface area contributed by atoms with E-state index in [-0.39, 0.29) is 11.3 Å². The van der Waals surface area contributed by atoms with Crippen molar-refractivity contribution in [3.8, 4) is 16.9 Å². The van der Waals surface area contributed by atoms with E-state index in [2.05, 4.69) is 0 Å². The van der Waals surface area contributed by atoms with Crippen molar-refractivity contribution in [3.63, 3.8) is 0 Å². The number of carboxylic acid groups (broad SMARTS) is 1. The smallest absolute Gasteiger partial charge is 0.335 e. The van der Waals surface area contributed by atoms with Crippen molar-refractivity contribution in [3.05, 3.63) is 53.3 Å². The lowest BCUT2D eigenvalue weighted by molar-refractivity contribution is 0.0697. The number of carboxylic acids is 1. The molecule has 0 saturated heterocycles. The fourth-order valence-corrected chi connectivity index (χ4v) is 1.95. The molecule has 0 aromatic heterocycles. The number of rotatable bonds is 3. The van der Waals surface area contributed by atoms with E-state index in [4.69, 9.17) is 9.84 Å². The maximum Gasteiger partial charge on any atom is 0.335 e. The van der Waals surface area contributed by atoms with Crippen LogP contribution in [0.4, 0.5) is 4.39 Å². The summed E-state index contributed by atoms with van der Waals surface area (Å²) in [5, 5.41) is 8.95. The van der Waals surface area contributed by atoms with Gasteiger partial charge < -0.3 is 9.84 Å². The van der Waals surface area contributed by atoms with Crippen LogP contribution in [0.5, 0.6) is 5.75 Å². The van der Waals surface area contributed by atoms with Crippen molar-refractivity contribution < 1.29 is 19.0 Å². The molecule has 2 aromatic carbocycles. The van der Waals surface area contributed by atoms with Crippen LogP contribution in [0.25, 0.3) is 11.1 Å². The van der Waals surface area contributed by atoms with Crippen LogP contribution in [0.15, 0.2) is 36.4 Å². The third-order valence-electron chi connectivity index (χ3n) is 2.92. The van der Waals surface area contributed by atoms with E-state index in [9.17, 15) is 9.18 Å². The van der Waals surface area contributed by atoms with Gasteiger partial charge in [-0.15, -0.1) is 0 Å². The van der Waals surface area contributed by atoms with Gasteiger partial charge in [0.15, 0.2) is 11.6 Å². The van der Waals surface area contributed by atoms with Gasteiger partial charge in [-0.1, -0.05) is 24.3 Å². The molecule has 0 spiro atoms. The molecule has 0 heterocycles. The molecule has 0 aliphatic rings. The van der Waals surface area contributed by atoms with Gasteiger partial charge in [0.1, 0.15) is 0 Å². The average Bonchev–Trinajstić information content (AvgIpc) is 2.39. The number of carbonyl (C=O) groups is 1. The van der Waals surface area contributed by atoms with Crippen molar-refractivity contribution >= 4 is 5.97 Å². The molecule has 0 radical (unpaired) electrons. The molecule has 0 aliphatic carbocycles.